The van der Waals surface area contributed by atoms with E-state index in [1.807, 2.05) is 12.1 Å². The summed E-state index contributed by atoms with van der Waals surface area (Å²) in [5.41, 5.74) is 5.17. The summed E-state index contributed by atoms with van der Waals surface area (Å²) in [6, 6.07) is 8.20. The van der Waals surface area contributed by atoms with E-state index < -0.39 is 0 Å². The van der Waals surface area contributed by atoms with Crippen molar-refractivity contribution in [3.63, 3.8) is 0 Å². The number of anilines is 1. The molecule has 2 N–H and O–H groups in total. The topological polar surface area (TPSA) is 54.8 Å². The molecule has 0 spiro atoms. The molecule has 0 fully saturated rings. The number of aromatic nitrogens is 3. The van der Waals surface area contributed by atoms with Crippen LogP contribution < -0.4 is 10.7 Å². The molecule has 0 aliphatic rings. The number of benzene rings is 1. The first kappa shape index (κ1) is 12.5. The molecule has 0 aliphatic heterocycles. The SMILES string of the molecule is CC(C)c1ccc(NC(=S)Nn2cnnc2)cc1. The Morgan fingerprint density at radius 2 is 1.78 bits per heavy atom. The first-order valence-electron chi connectivity index (χ1n) is 5.68. The van der Waals surface area contributed by atoms with Crippen molar-refractivity contribution in [1.82, 2.24) is 14.9 Å². The Bertz CT molecular complexity index is 504. The van der Waals surface area contributed by atoms with Gasteiger partial charge >= 0.3 is 0 Å². The van der Waals surface area contributed by atoms with E-state index in [0.717, 1.165) is 5.69 Å². The molecule has 2 rings (SSSR count). The number of nitrogens with zero attached hydrogens (tertiary/aromatic N) is 3. The molecule has 6 heteroatoms. The molecule has 5 nitrogen and oxygen atoms in total. The predicted octanol–water partition coefficient (Wildman–Crippen LogP) is 2.34. The fraction of sp³-hybridized carbons (Fsp3) is 0.250. The third-order valence-electron chi connectivity index (χ3n) is 2.48. The fourth-order valence-electron chi connectivity index (χ4n) is 1.49. The summed E-state index contributed by atoms with van der Waals surface area (Å²) in [7, 11) is 0. The van der Waals surface area contributed by atoms with E-state index in [1.165, 1.54) is 18.2 Å². The van der Waals surface area contributed by atoms with Crippen LogP contribution in [0.4, 0.5) is 5.69 Å². The minimum absolute atomic E-state index is 0.493. The third-order valence-corrected chi connectivity index (χ3v) is 2.68. The normalized spacial score (nSPS) is 10.4. The molecular formula is C12H15N5S. The van der Waals surface area contributed by atoms with Gasteiger partial charge in [0.05, 0.1) is 0 Å². The molecule has 0 saturated heterocycles. The predicted molar refractivity (Wildman–Crippen MR) is 76.1 cm³/mol. The van der Waals surface area contributed by atoms with E-state index in [-0.39, 0.29) is 0 Å². The molecule has 0 bridgehead atoms. The van der Waals surface area contributed by atoms with Crippen molar-refractivity contribution in [2.75, 3.05) is 10.7 Å². The lowest BCUT2D eigenvalue weighted by Crippen LogP contribution is -2.26. The highest BCUT2D eigenvalue weighted by Crippen LogP contribution is 2.16. The van der Waals surface area contributed by atoms with Crippen molar-refractivity contribution in [1.29, 1.82) is 0 Å². The quantitative estimate of drug-likeness (QED) is 0.831. The van der Waals surface area contributed by atoms with Gasteiger partial charge < -0.3 is 5.32 Å². The Morgan fingerprint density at radius 1 is 1.17 bits per heavy atom. The number of hydrogen-bond donors (Lipinski definition) is 2. The lowest BCUT2D eigenvalue weighted by molar-refractivity contribution is 0.867. The van der Waals surface area contributed by atoms with Gasteiger partial charge in [-0.1, -0.05) is 26.0 Å². The van der Waals surface area contributed by atoms with Crippen LogP contribution >= 0.6 is 12.2 Å². The van der Waals surface area contributed by atoms with E-state index in [9.17, 15) is 0 Å². The van der Waals surface area contributed by atoms with Gasteiger partial charge in [-0.25, -0.2) is 4.68 Å². The van der Waals surface area contributed by atoms with Gasteiger partial charge in [-0.3, -0.25) is 5.43 Å². The molecule has 1 heterocycles. The van der Waals surface area contributed by atoms with Crippen LogP contribution in [-0.2, 0) is 0 Å². The Hall–Kier alpha value is -1.95. The Morgan fingerprint density at radius 3 is 2.33 bits per heavy atom. The first-order chi connectivity index (χ1) is 8.65. The van der Waals surface area contributed by atoms with Crippen molar-refractivity contribution >= 4 is 23.0 Å². The molecule has 1 aromatic heterocycles. The van der Waals surface area contributed by atoms with Gasteiger partial charge in [-0.05, 0) is 35.8 Å². The molecule has 2 aromatic rings. The van der Waals surface area contributed by atoms with Crippen molar-refractivity contribution in [3.05, 3.63) is 42.5 Å². The van der Waals surface area contributed by atoms with Crippen LogP contribution in [0.15, 0.2) is 36.9 Å². The fourth-order valence-corrected chi connectivity index (χ4v) is 1.71. The van der Waals surface area contributed by atoms with Crippen molar-refractivity contribution in [3.8, 4) is 0 Å². The second-order valence-electron chi connectivity index (χ2n) is 4.21. The molecule has 0 radical (unpaired) electrons. The highest BCUT2D eigenvalue weighted by atomic mass is 32.1. The lowest BCUT2D eigenvalue weighted by Gasteiger charge is -2.11. The van der Waals surface area contributed by atoms with Gasteiger partial charge in [0.15, 0.2) is 5.11 Å². The monoisotopic (exact) mass is 261 g/mol. The highest BCUT2D eigenvalue weighted by Gasteiger charge is 2.01. The van der Waals surface area contributed by atoms with Gasteiger partial charge in [-0.15, -0.1) is 10.2 Å². The second-order valence-corrected chi connectivity index (χ2v) is 4.62. The second kappa shape index (κ2) is 5.59. The van der Waals surface area contributed by atoms with Crippen LogP contribution in [0.25, 0.3) is 0 Å². The van der Waals surface area contributed by atoms with Crippen LogP contribution in [0.3, 0.4) is 0 Å². The summed E-state index contributed by atoms with van der Waals surface area (Å²) in [6.07, 6.45) is 3.08. The zero-order valence-corrected chi connectivity index (χ0v) is 11.1. The number of thiocarbonyl (C=S) groups is 1. The lowest BCUT2D eigenvalue weighted by atomic mass is 10.0. The number of rotatable bonds is 3. The van der Waals surface area contributed by atoms with E-state index in [2.05, 4.69) is 46.9 Å². The van der Waals surface area contributed by atoms with Crippen LogP contribution in [-0.4, -0.2) is 20.0 Å². The molecule has 0 atom stereocenters. The highest BCUT2D eigenvalue weighted by molar-refractivity contribution is 7.80. The molecule has 0 unspecified atom stereocenters. The maximum absolute atomic E-state index is 5.17. The van der Waals surface area contributed by atoms with E-state index in [4.69, 9.17) is 12.2 Å². The molecule has 0 aliphatic carbocycles. The van der Waals surface area contributed by atoms with Gasteiger partial charge in [0.2, 0.25) is 0 Å². The average Bonchev–Trinajstić information content (AvgIpc) is 2.82. The molecule has 0 amide bonds. The van der Waals surface area contributed by atoms with E-state index >= 15 is 0 Å². The molecule has 1 aromatic carbocycles. The smallest absolute Gasteiger partial charge is 0.190 e. The van der Waals surface area contributed by atoms with Crippen molar-refractivity contribution in [2.24, 2.45) is 0 Å². The van der Waals surface area contributed by atoms with E-state index in [0.29, 0.717) is 11.0 Å². The Balaban J connectivity index is 1.95. The summed E-state index contributed by atoms with van der Waals surface area (Å²) >= 11 is 5.17. The molecular weight excluding hydrogens is 246 g/mol. The zero-order valence-electron chi connectivity index (χ0n) is 10.3. The van der Waals surface area contributed by atoms with Gasteiger partial charge in [0.1, 0.15) is 12.7 Å². The molecule has 18 heavy (non-hydrogen) atoms. The van der Waals surface area contributed by atoms with Crippen LogP contribution in [0, 0.1) is 0 Å². The van der Waals surface area contributed by atoms with Crippen LogP contribution in [0.2, 0.25) is 0 Å². The van der Waals surface area contributed by atoms with Gasteiger partial charge in [0.25, 0.3) is 0 Å². The van der Waals surface area contributed by atoms with Crippen LogP contribution in [0.1, 0.15) is 25.3 Å². The molecule has 0 saturated carbocycles. The standard InChI is InChI=1S/C12H15N5S/c1-9(2)10-3-5-11(6-4-10)15-12(18)16-17-7-13-14-8-17/h3-9H,1-2H3,(H2,15,16,18). The van der Waals surface area contributed by atoms with Crippen LogP contribution in [0.5, 0.6) is 0 Å². The number of nitrogens with one attached hydrogen (secondary N) is 2. The van der Waals surface area contributed by atoms with E-state index in [1.54, 1.807) is 4.68 Å². The average molecular weight is 261 g/mol. The summed E-state index contributed by atoms with van der Waals surface area (Å²) in [6.45, 7) is 4.33. The zero-order chi connectivity index (χ0) is 13.0. The minimum Gasteiger partial charge on any atom is -0.331 e. The number of hydrogen-bond acceptors (Lipinski definition) is 3. The maximum atomic E-state index is 5.17. The third kappa shape index (κ3) is 3.27. The van der Waals surface area contributed by atoms with Gasteiger partial charge in [-0.2, -0.15) is 0 Å². The Kier molecular flexibility index (Phi) is 3.88. The summed E-state index contributed by atoms with van der Waals surface area (Å²) in [5.74, 6) is 0.529. The summed E-state index contributed by atoms with van der Waals surface area (Å²) in [5, 5.41) is 10.9. The Labute approximate surface area is 111 Å². The van der Waals surface area contributed by atoms with Crippen molar-refractivity contribution < 1.29 is 0 Å². The minimum atomic E-state index is 0.493. The summed E-state index contributed by atoms with van der Waals surface area (Å²) < 4.78 is 1.58. The summed E-state index contributed by atoms with van der Waals surface area (Å²) in [4.78, 5) is 0. The first-order valence-corrected chi connectivity index (χ1v) is 6.08. The maximum Gasteiger partial charge on any atom is 0.190 e. The van der Waals surface area contributed by atoms with Gasteiger partial charge in [0, 0.05) is 5.69 Å². The van der Waals surface area contributed by atoms with Crippen molar-refractivity contribution in [2.45, 2.75) is 19.8 Å². The largest absolute Gasteiger partial charge is 0.331 e. The molecule has 94 valence electrons.